The first-order chi connectivity index (χ1) is 10.6. The number of hydrogen-bond acceptors (Lipinski definition) is 8. The molecule has 1 aliphatic heterocycles. The summed E-state index contributed by atoms with van der Waals surface area (Å²) in [6, 6.07) is 0. The first-order valence-electron chi connectivity index (χ1n) is 6.29. The molecule has 0 aromatic carbocycles. The van der Waals surface area contributed by atoms with Gasteiger partial charge in [-0.2, -0.15) is 4.98 Å². The van der Waals surface area contributed by atoms with E-state index in [1.807, 2.05) is 0 Å². The van der Waals surface area contributed by atoms with E-state index in [9.17, 15) is 9.59 Å². The molecule has 3 heterocycles. The van der Waals surface area contributed by atoms with E-state index in [0.29, 0.717) is 10.6 Å². The molecule has 22 heavy (non-hydrogen) atoms. The van der Waals surface area contributed by atoms with Gasteiger partial charge in [0.25, 0.3) is 11.8 Å². The summed E-state index contributed by atoms with van der Waals surface area (Å²) in [7, 11) is 0. The van der Waals surface area contributed by atoms with Crippen molar-refractivity contribution in [3.05, 3.63) is 34.4 Å². The highest BCUT2D eigenvalue weighted by molar-refractivity contribution is 7.07. The maximum absolute atomic E-state index is 11.9. The van der Waals surface area contributed by atoms with Gasteiger partial charge in [0.2, 0.25) is 5.89 Å². The van der Waals surface area contributed by atoms with Crippen LogP contribution >= 0.6 is 11.5 Å². The summed E-state index contributed by atoms with van der Waals surface area (Å²) in [5, 5.41) is 10.1. The SMILES string of the molecule is Cc1nnsc1C(=O)NCc1nc(C2C=CC=NC2=O)no1. The van der Waals surface area contributed by atoms with Crippen LogP contribution in [0.15, 0.2) is 21.7 Å². The van der Waals surface area contributed by atoms with E-state index in [-0.39, 0.29) is 30.1 Å². The highest BCUT2D eigenvalue weighted by Crippen LogP contribution is 2.18. The fourth-order valence-electron chi connectivity index (χ4n) is 1.78. The number of aliphatic imine (C=N–C) groups is 1. The first kappa shape index (κ1) is 14.2. The van der Waals surface area contributed by atoms with Crippen LogP contribution in [0.4, 0.5) is 0 Å². The number of nitrogens with one attached hydrogen (secondary N) is 1. The Morgan fingerprint density at radius 3 is 3.09 bits per heavy atom. The molecule has 1 atom stereocenters. The second-order valence-corrected chi connectivity index (χ2v) is 5.15. The Balaban J connectivity index is 1.64. The molecule has 112 valence electrons. The lowest BCUT2D eigenvalue weighted by molar-refractivity contribution is -0.118. The molecule has 0 saturated heterocycles. The zero-order valence-corrected chi connectivity index (χ0v) is 12.2. The van der Waals surface area contributed by atoms with E-state index in [2.05, 4.69) is 30.0 Å². The maximum atomic E-state index is 11.9. The Kier molecular flexibility index (Phi) is 3.83. The normalized spacial score (nSPS) is 17.0. The summed E-state index contributed by atoms with van der Waals surface area (Å²) in [4.78, 5) is 31.7. The van der Waals surface area contributed by atoms with Crippen molar-refractivity contribution in [1.82, 2.24) is 25.0 Å². The predicted octanol–water partition coefficient (Wildman–Crippen LogP) is 0.410. The van der Waals surface area contributed by atoms with Crippen LogP contribution < -0.4 is 5.32 Å². The minimum atomic E-state index is -0.647. The molecule has 9 nitrogen and oxygen atoms in total. The van der Waals surface area contributed by atoms with Crippen LogP contribution in [-0.4, -0.2) is 37.8 Å². The third-order valence-electron chi connectivity index (χ3n) is 2.88. The summed E-state index contributed by atoms with van der Waals surface area (Å²) in [6.45, 7) is 1.75. The number of rotatable bonds is 4. The monoisotopic (exact) mass is 318 g/mol. The first-order valence-corrected chi connectivity index (χ1v) is 7.07. The molecule has 2 aromatic heterocycles. The number of hydrogen-bond donors (Lipinski definition) is 1. The molecular formula is C12H10N6O3S. The van der Waals surface area contributed by atoms with Crippen LogP contribution in [0.5, 0.6) is 0 Å². The van der Waals surface area contributed by atoms with Crippen molar-refractivity contribution in [1.29, 1.82) is 0 Å². The Bertz CT molecular complexity index is 777. The summed E-state index contributed by atoms with van der Waals surface area (Å²) in [6.07, 6.45) is 4.68. The quantitative estimate of drug-likeness (QED) is 0.865. The van der Waals surface area contributed by atoms with Crippen LogP contribution in [0.25, 0.3) is 0 Å². The molecule has 2 aromatic rings. The van der Waals surface area contributed by atoms with Gasteiger partial charge in [-0.1, -0.05) is 15.7 Å². The van der Waals surface area contributed by atoms with Crippen molar-refractivity contribution in [2.45, 2.75) is 19.4 Å². The van der Waals surface area contributed by atoms with Gasteiger partial charge in [0.05, 0.1) is 12.2 Å². The molecule has 0 aliphatic carbocycles. The van der Waals surface area contributed by atoms with Crippen molar-refractivity contribution in [3.8, 4) is 0 Å². The van der Waals surface area contributed by atoms with Gasteiger partial charge in [-0.05, 0) is 24.5 Å². The van der Waals surface area contributed by atoms with E-state index < -0.39 is 5.92 Å². The third-order valence-corrected chi connectivity index (χ3v) is 3.70. The van der Waals surface area contributed by atoms with Crippen LogP contribution in [0.2, 0.25) is 0 Å². The molecule has 0 bridgehead atoms. The number of allylic oxidation sites excluding steroid dienone is 1. The lowest BCUT2D eigenvalue weighted by atomic mass is 10.1. The molecule has 2 amide bonds. The molecule has 0 spiro atoms. The number of nitrogens with zero attached hydrogens (tertiary/aromatic N) is 5. The number of carbonyl (C=O) groups excluding carboxylic acids is 2. The zero-order chi connectivity index (χ0) is 15.5. The van der Waals surface area contributed by atoms with E-state index in [1.165, 1.54) is 6.21 Å². The fourth-order valence-corrected chi connectivity index (χ4v) is 2.35. The highest BCUT2D eigenvalue weighted by Gasteiger charge is 2.24. The van der Waals surface area contributed by atoms with Crippen LogP contribution in [0.1, 0.15) is 33.0 Å². The van der Waals surface area contributed by atoms with Crippen molar-refractivity contribution < 1.29 is 14.1 Å². The Morgan fingerprint density at radius 1 is 1.50 bits per heavy atom. The minimum absolute atomic E-state index is 0.0526. The number of aromatic nitrogens is 4. The maximum Gasteiger partial charge on any atom is 0.265 e. The van der Waals surface area contributed by atoms with Crippen LogP contribution in [0, 0.1) is 6.92 Å². The van der Waals surface area contributed by atoms with E-state index >= 15 is 0 Å². The summed E-state index contributed by atoms with van der Waals surface area (Å²) in [5.41, 5.74) is 0.560. The van der Waals surface area contributed by atoms with Crippen molar-refractivity contribution >= 4 is 29.6 Å². The van der Waals surface area contributed by atoms with E-state index in [4.69, 9.17) is 4.52 Å². The zero-order valence-electron chi connectivity index (χ0n) is 11.4. The molecule has 1 N–H and O–H groups in total. The topological polar surface area (TPSA) is 123 Å². The van der Waals surface area contributed by atoms with Gasteiger partial charge in [0.15, 0.2) is 5.82 Å². The van der Waals surface area contributed by atoms with Crippen LogP contribution in [-0.2, 0) is 11.3 Å². The Labute approximate surface area is 128 Å². The van der Waals surface area contributed by atoms with Gasteiger partial charge in [0, 0.05) is 6.21 Å². The Hall–Kier alpha value is -2.75. The van der Waals surface area contributed by atoms with Crippen molar-refractivity contribution in [2.24, 2.45) is 4.99 Å². The van der Waals surface area contributed by atoms with Gasteiger partial charge in [-0.15, -0.1) is 5.10 Å². The molecule has 1 unspecified atom stereocenters. The van der Waals surface area contributed by atoms with E-state index in [1.54, 1.807) is 19.1 Å². The lowest BCUT2D eigenvalue weighted by Gasteiger charge is -2.04. The number of amides is 2. The standard InChI is InChI=1S/C12H10N6O3S/c1-6-9(22-18-16-6)12(20)14-5-8-15-10(17-21-8)7-3-2-4-13-11(7)19/h2-4,7H,5H2,1H3,(H,14,20). The molecule has 1 aliphatic rings. The number of carbonyl (C=O) groups is 2. The van der Waals surface area contributed by atoms with Gasteiger partial charge in [0.1, 0.15) is 10.8 Å². The molecule has 0 radical (unpaired) electrons. The second kappa shape index (κ2) is 5.93. The molecule has 3 rings (SSSR count). The average Bonchev–Trinajstić information content (AvgIpc) is 3.14. The minimum Gasteiger partial charge on any atom is -0.342 e. The summed E-state index contributed by atoms with van der Waals surface area (Å²) < 4.78 is 8.71. The smallest absolute Gasteiger partial charge is 0.265 e. The number of dihydropyridines is 1. The second-order valence-electron chi connectivity index (χ2n) is 4.40. The number of aryl methyl sites for hydroxylation is 1. The van der Waals surface area contributed by atoms with Crippen molar-refractivity contribution in [2.75, 3.05) is 0 Å². The van der Waals surface area contributed by atoms with Gasteiger partial charge in [-0.25, -0.2) is 4.99 Å². The summed E-state index contributed by atoms with van der Waals surface area (Å²) >= 11 is 1.01. The van der Waals surface area contributed by atoms with Gasteiger partial charge in [-0.3, -0.25) is 9.59 Å². The van der Waals surface area contributed by atoms with Crippen molar-refractivity contribution in [3.63, 3.8) is 0 Å². The third kappa shape index (κ3) is 2.81. The average molecular weight is 318 g/mol. The predicted molar refractivity (Wildman–Crippen MR) is 75.5 cm³/mol. The molecule has 10 heteroatoms. The van der Waals surface area contributed by atoms with Gasteiger partial charge >= 0.3 is 0 Å². The fraction of sp³-hybridized carbons (Fsp3) is 0.250. The van der Waals surface area contributed by atoms with Gasteiger partial charge < -0.3 is 9.84 Å². The molecular weight excluding hydrogens is 308 g/mol. The summed E-state index contributed by atoms with van der Waals surface area (Å²) in [5.74, 6) is -0.894. The van der Waals surface area contributed by atoms with Crippen LogP contribution in [0.3, 0.4) is 0 Å². The highest BCUT2D eigenvalue weighted by atomic mass is 32.1. The molecule has 0 fully saturated rings. The molecule has 0 saturated carbocycles. The largest absolute Gasteiger partial charge is 0.342 e. The Morgan fingerprint density at radius 2 is 2.36 bits per heavy atom. The van der Waals surface area contributed by atoms with E-state index in [0.717, 1.165) is 11.5 Å². The lowest BCUT2D eigenvalue weighted by Crippen LogP contribution is -2.22.